The van der Waals surface area contributed by atoms with Crippen LogP contribution in [-0.2, 0) is 4.57 Å². The van der Waals surface area contributed by atoms with Gasteiger partial charge in [-0.1, -0.05) is 0 Å². The maximum absolute atomic E-state index is 10.9. The fourth-order valence-corrected chi connectivity index (χ4v) is 1.07. The second-order valence-corrected chi connectivity index (χ2v) is 4.77. The lowest BCUT2D eigenvalue weighted by atomic mass is 11.3. The van der Waals surface area contributed by atoms with Crippen molar-refractivity contribution in [2.45, 2.75) is 0 Å². The fourth-order valence-electron chi connectivity index (χ4n) is 0.358. The lowest BCUT2D eigenvalue weighted by Gasteiger charge is -2.35. The third kappa shape index (κ3) is 2.06. The highest BCUT2D eigenvalue weighted by molar-refractivity contribution is 7.51. The first kappa shape index (κ1) is 9.11. The molecule has 9 heavy (non-hydrogen) atoms. The summed E-state index contributed by atoms with van der Waals surface area (Å²) in [6.07, 6.45) is 0. The summed E-state index contributed by atoms with van der Waals surface area (Å²) in [4.78, 5) is 10.9. The highest BCUT2D eigenvalue weighted by Crippen LogP contribution is 2.38. The molecule has 0 spiro atoms. The molecule has 0 aromatic carbocycles. The first-order valence-corrected chi connectivity index (χ1v) is 4.08. The number of nitrogens with zero attached hydrogens (tertiary/aromatic N) is 2. The summed E-state index contributed by atoms with van der Waals surface area (Å²) < 4.78 is 13.3. The fraction of sp³-hybridized carbons (Fsp3) is 1.00. The summed E-state index contributed by atoms with van der Waals surface area (Å²) in [7, 11) is 2.61. The molecule has 0 saturated heterocycles. The zero-order valence-electron chi connectivity index (χ0n) is 6.16. The van der Waals surface area contributed by atoms with Gasteiger partial charge in [0.25, 0.3) is 0 Å². The lowest BCUT2D eigenvalue weighted by molar-refractivity contribution is -0.196. The van der Waals surface area contributed by atoms with Gasteiger partial charge in [0.05, 0.1) is 0 Å². The molecule has 0 atom stereocenters. The summed E-state index contributed by atoms with van der Waals surface area (Å²) in [6.45, 7) is 0. The Morgan fingerprint density at radius 3 is 1.33 bits per heavy atom. The van der Waals surface area contributed by atoms with E-state index in [9.17, 15) is 9.46 Å². The first-order chi connectivity index (χ1) is 3.89. The molecule has 0 unspecified atom stereocenters. The molecule has 0 rings (SSSR count). The molecule has 0 N–H and O–H groups in total. The Morgan fingerprint density at radius 1 is 1.11 bits per heavy atom. The van der Waals surface area contributed by atoms with Gasteiger partial charge in [-0.2, -0.15) is 0 Å². The molecule has 5 heteroatoms. The molecule has 56 valence electrons. The van der Waals surface area contributed by atoms with E-state index in [1.54, 1.807) is 0 Å². The van der Waals surface area contributed by atoms with Gasteiger partial charge in [0, 0.05) is 0 Å². The number of hydrogen-bond donors (Lipinski definition) is 0. The summed E-state index contributed by atoms with van der Waals surface area (Å²) in [6, 6.07) is 0. The largest absolute Gasteiger partial charge is 0.776 e. The lowest BCUT2D eigenvalue weighted by Crippen LogP contribution is -2.28. The van der Waals surface area contributed by atoms with Crippen LogP contribution in [0.2, 0.25) is 0 Å². The van der Waals surface area contributed by atoms with Crippen LogP contribution in [0.1, 0.15) is 0 Å². The second kappa shape index (κ2) is 2.80. The van der Waals surface area contributed by atoms with Gasteiger partial charge in [-0.3, -0.25) is 9.34 Å². The summed E-state index contributed by atoms with van der Waals surface area (Å²) >= 11 is 0. The van der Waals surface area contributed by atoms with Crippen LogP contribution in [0.15, 0.2) is 0 Å². The molecule has 0 fully saturated rings. The average Bonchev–Trinajstić information content (AvgIpc) is 1.65. The van der Waals surface area contributed by atoms with E-state index < -0.39 is 7.67 Å². The predicted molar refractivity (Wildman–Crippen MR) is 35.0 cm³/mol. The van der Waals surface area contributed by atoms with Crippen molar-refractivity contribution in [3.63, 3.8) is 0 Å². The van der Waals surface area contributed by atoms with E-state index in [1.807, 2.05) is 0 Å². The van der Waals surface area contributed by atoms with E-state index in [0.717, 1.165) is 0 Å². The number of rotatable bonds is 2. The van der Waals surface area contributed by atoms with E-state index in [1.165, 1.54) is 37.5 Å². The van der Waals surface area contributed by atoms with Crippen LogP contribution in [0.3, 0.4) is 0 Å². The molecule has 4 nitrogen and oxygen atoms in total. The van der Waals surface area contributed by atoms with Crippen LogP contribution in [0, 0.1) is 0 Å². The molecule has 0 saturated carbocycles. The van der Waals surface area contributed by atoms with Crippen molar-refractivity contribution in [1.29, 1.82) is 0 Å². The summed E-state index contributed by atoms with van der Waals surface area (Å²) in [5.41, 5.74) is 0. The van der Waals surface area contributed by atoms with Gasteiger partial charge in [-0.15, -0.1) is 0 Å². The van der Waals surface area contributed by atoms with Crippen molar-refractivity contribution in [1.82, 2.24) is 9.34 Å². The van der Waals surface area contributed by atoms with Gasteiger partial charge in [0.2, 0.25) is 0 Å². The van der Waals surface area contributed by atoms with Crippen LogP contribution in [0.5, 0.6) is 0 Å². The Balaban J connectivity index is 4.21. The van der Waals surface area contributed by atoms with Crippen LogP contribution in [0.25, 0.3) is 0 Å². The van der Waals surface area contributed by atoms with E-state index in [2.05, 4.69) is 0 Å². The van der Waals surface area contributed by atoms with E-state index >= 15 is 0 Å². The van der Waals surface area contributed by atoms with Crippen LogP contribution in [-0.4, -0.2) is 37.5 Å². The van der Waals surface area contributed by atoms with E-state index in [4.69, 9.17) is 0 Å². The topological polar surface area (TPSA) is 46.6 Å². The first-order valence-electron chi connectivity index (χ1n) is 2.55. The summed E-state index contributed by atoms with van der Waals surface area (Å²) in [5, 5.41) is 0. The van der Waals surface area contributed by atoms with Crippen molar-refractivity contribution < 1.29 is 9.46 Å². The quantitative estimate of drug-likeness (QED) is 0.503. The molecule has 0 aliphatic carbocycles. The summed E-state index contributed by atoms with van der Waals surface area (Å²) in [5.74, 6) is 0. The number of hydrogen-bond acceptors (Lipinski definition) is 2. The monoisotopic (exact) mass is 151 g/mol. The van der Waals surface area contributed by atoms with Gasteiger partial charge in [-0.05, 0) is 28.2 Å². The van der Waals surface area contributed by atoms with Gasteiger partial charge in [0.15, 0.2) is 0 Å². The standard InChI is InChI=1S/C4H13N2O2P/c1-5(2)9(7,8)6(3)4/h1-4H3,(H,7,8)/p-1. The maximum Gasteiger partial charge on any atom is 0.147 e. The second-order valence-electron chi connectivity index (χ2n) is 2.19. The molecule has 0 amide bonds. The third-order valence-corrected chi connectivity index (χ3v) is 3.03. The molecular weight excluding hydrogens is 139 g/mol. The van der Waals surface area contributed by atoms with Gasteiger partial charge in [-0.25, -0.2) is 0 Å². The maximum atomic E-state index is 10.9. The predicted octanol–water partition coefficient (Wildman–Crippen LogP) is -0.422. The minimum absolute atomic E-state index is 1.19. The molecule has 0 bridgehead atoms. The molecule has 0 aliphatic heterocycles. The third-order valence-electron chi connectivity index (χ3n) is 1.01. The van der Waals surface area contributed by atoms with Gasteiger partial charge in [0.1, 0.15) is 7.67 Å². The van der Waals surface area contributed by atoms with E-state index in [0.29, 0.717) is 0 Å². The molecule has 0 aliphatic rings. The molecule has 0 aromatic heterocycles. The SMILES string of the molecule is CN(C)P(=O)([O-])N(C)C. The molecule has 0 aromatic rings. The van der Waals surface area contributed by atoms with Gasteiger partial charge >= 0.3 is 0 Å². The minimum Gasteiger partial charge on any atom is -0.776 e. The van der Waals surface area contributed by atoms with Crippen LogP contribution >= 0.6 is 7.67 Å². The zero-order valence-corrected chi connectivity index (χ0v) is 7.05. The average molecular weight is 151 g/mol. The van der Waals surface area contributed by atoms with Crippen molar-refractivity contribution in [3.05, 3.63) is 0 Å². The molecule has 0 heterocycles. The van der Waals surface area contributed by atoms with Crippen LogP contribution in [0.4, 0.5) is 0 Å². The molecular formula is C4H12N2O2P-. The Labute approximate surface area is 55.6 Å². The van der Waals surface area contributed by atoms with Crippen molar-refractivity contribution >= 4 is 7.67 Å². The highest BCUT2D eigenvalue weighted by Gasteiger charge is 2.11. The molecule has 0 radical (unpaired) electrons. The smallest absolute Gasteiger partial charge is 0.147 e. The van der Waals surface area contributed by atoms with Crippen molar-refractivity contribution in [3.8, 4) is 0 Å². The van der Waals surface area contributed by atoms with Crippen molar-refractivity contribution in [2.75, 3.05) is 28.2 Å². The van der Waals surface area contributed by atoms with Crippen molar-refractivity contribution in [2.24, 2.45) is 0 Å². The van der Waals surface area contributed by atoms with E-state index in [-0.39, 0.29) is 0 Å². The Hall–Kier alpha value is 0.110. The Kier molecular flexibility index (Phi) is 2.83. The normalized spacial score (nSPS) is 13.2. The minimum atomic E-state index is -3.42. The Morgan fingerprint density at radius 2 is 1.33 bits per heavy atom. The van der Waals surface area contributed by atoms with Gasteiger partial charge < -0.3 is 9.46 Å². The Bertz CT molecular complexity index is 123. The highest BCUT2D eigenvalue weighted by atomic mass is 31.2. The zero-order chi connectivity index (χ0) is 7.65. The van der Waals surface area contributed by atoms with Crippen LogP contribution < -0.4 is 4.89 Å².